The molecule has 1 aromatic carbocycles. The monoisotopic (exact) mass is 269 g/mol. The Balaban J connectivity index is 2.13. The molecule has 0 amide bonds. The van der Waals surface area contributed by atoms with Gasteiger partial charge in [0.1, 0.15) is 11.9 Å². The number of rotatable bonds is 4. The standard InChI is InChI=1S/C15H21F2NO/c1-4-18-14-13(7-8-15(14,2)3)19-12-6-5-10(16)9-11(12)17/h5-6,9,13-14,18H,4,7-8H2,1-3H3. The van der Waals surface area contributed by atoms with Crippen molar-refractivity contribution >= 4 is 0 Å². The normalized spacial score (nSPS) is 25.5. The number of benzene rings is 1. The molecule has 0 aliphatic heterocycles. The van der Waals surface area contributed by atoms with Crippen LogP contribution >= 0.6 is 0 Å². The van der Waals surface area contributed by atoms with E-state index in [0.29, 0.717) is 0 Å². The largest absolute Gasteiger partial charge is 0.486 e. The summed E-state index contributed by atoms with van der Waals surface area (Å²) in [5.74, 6) is -1.09. The molecule has 2 atom stereocenters. The van der Waals surface area contributed by atoms with Crippen LogP contribution in [0.3, 0.4) is 0 Å². The van der Waals surface area contributed by atoms with Crippen LogP contribution in [0.2, 0.25) is 0 Å². The maximum absolute atomic E-state index is 13.6. The van der Waals surface area contributed by atoms with Crippen molar-refractivity contribution in [3.63, 3.8) is 0 Å². The number of halogens is 2. The third-order valence-corrected chi connectivity index (χ3v) is 3.88. The van der Waals surface area contributed by atoms with Gasteiger partial charge in [0.2, 0.25) is 0 Å². The first-order valence-electron chi connectivity index (χ1n) is 6.79. The van der Waals surface area contributed by atoms with Gasteiger partial charge in [-0.25, -0.2) is 8.78 Å². The molecule has 2 unspecified atom stereocenters. The first-order chi connectivity index (χ1) is 8.94. The molecule has 0 radical (unpaired) electrons. The van der Waals surface area contributed by atoms with E-state index < -0.39 is 11.6 Å². The maximum Gasteiger partial charge on any atom is 0.167 e. The minimum Gasteiger partial charge on any atom is -0.486 e. The fraction of sp³-hybridized carbons (Fsp3) is 0.600. The van der Waals surface area contributed by atoms with Gasteiger partial charge in [-0.2, -0.15) is 0 Å². The third-order valence-electron chi connectivity index (χ3n) is 3.88. The lowest BCUT2D eigenvalue weighted by Gasteiger charge is -2.31. The second kappa shape index (κ2) is 5.45. The Kier molecular flexibility index (Phi) is 4.09. The molecule has 0 heterocycles. The van der Waals surface area contributed by atoms with E-state index in [1.54, 1.807) is 0 Å². The van der Waals surface area contributed by atoms with Crippen molar-refractivity contribution in [2.45, 2.75) is 45.8 Å². The molecule has 1 aliphatic carbocycles. The summed E-state index contributed by atoms with van der Waals surface area (Å²) in [7, 11) is 0. The van der Waals surface area contributed by atoms with E-state index in [2.05, 4.69) is 19.2 Å². The van der Waals surface area contributed by atoms with Crippen molar-refractivity contribution < 1.29 is 13.5 Å². The summed E-state index contributed by atoms with van der Waals surface area (Å²) in [6.45, 7) is 7.26. The van der Waals surface area contributed by atoms with Crippen LogP contribution in [0.5, 0.6) is 5.75 Å². The smallest absolute Gasteiger partial charge is 0.167 e. The molecular weight excluding hydrogens is 248 g/mol. The third kappa shape index (κ3) is 3.06. The predicted octanol–water partition coefficient (Wildman–Crippen LogP) is 3.51. The molecule has 2 rings (SSSR count). The Morgan fingerprint density at radius 2 is 2.11 bits per heavy atom. The van der Waals surface area contributed by atoms with Crippen LogP contribution in [-0.4, -0.2) is 18.7 Å². The zero-order valence-electron chi connectivity index (χ0n) is 11.7. The molecule has 0 aromatic heterocycles. The molecule has 4 heteroatoms. The van der Waals surface area contributed by atoms with Gasteiger partial charge in [0.05, 0.1) is 0 Å². The number of likely N-dealkylation sites (N-methyl/N-ethyl adjacent to an activating group) is 1. The molecule has 1 fully saturated rings. The van der Waals surface area contributed by atoms with E-state index in [9.17, 15) is 8.78 Å². The molecular formula is C15H21F2NO. The van der Waals surface area contributed by atoms with Gasteiger partial charge in [0, 0.05) is 12.1 Å². The van der Waals surface area contributed by atoms with Crippen LogP contribution in [-0.2, 0) is 0 Å². The van der Waals surface area contributed by atoms with Crippen molar-refractivity contribution in [2.24, 2.45) is 5.41 Å². The Hall–Kier alpha value is -1.16. The van der Waals surface area contributed by atoms with Gasteiger partial charge in [-0.05, 0) is 36.9 Å². The fourth-order valence-electron chi connectivity index (χ4n) is 2.83. The molecule has 1 aliphatic rings. The molecule has 19 heavy (non-hydrogen) atoms. The summed E-state index contributed by atoms with van der Waals surface area (Å²) in [5, 5.41) is 3.41. The quantitative estimate of drug-likeness (QED) is 0.903. The van der Waals surface area contributed by atoms with Crippen molar-refractivity contribution in [1.82, 2.24) is 5.32 Å². The summed E-state index contributed by atoms with van der Waals surface area (Å²) in [4.78, 5) is 0. The predicted molar refractivity (Wildman–Crippen MR) is 71.3 cm³/mol. The summed E-state index contributed by atoms with van der Waals surface area (Å²) in [6.07, 6.45) is 1.83. The van der Waals surface area contributed by atoms with Crippen molar-refractivity contribution in [3.8, 4) is 5.75 Å². The first kappa shape index (κ1) is 14.3. The second-order valence-corrected chi connectivity index (χ2v) is 5.79. The minimum atomic E-state index is -0.639. The van der Waals surface area contributed by atoms with Gasteiger partial charge in [-0.1, -0.05) is 20.8 Å². The fourth-order valence-corrected chi connectivity index (χ4v) is 2.83. The average molecular weight is 269 g/mol. The van der Waals surface area contributed by atoms with Crippen LogP contribution < -0.4 is 10.1 Å². The van der Waals surface area contributed by atoms with Crippen LogP contribution in [0.15, 0.2) is 18.2 Å². The minimum absolute atomic E-state index is 0.0742. The number of ether oxygens (including phenoxy) is 1. The molecule has 1 aromatic rings. The number of nitrogens with one attached hydrogen (secondary N) is 1. The van der Waals surface area contributed by atoms with E-state index >= 15 is 0 Å². The SMILES string of the molecule is CCNC1C(Oc2ccc(F)cc2F)CCC1(C)C. The zero-order chi connectivity index (χ0) is 14.0. The highest BCUT2D eigenvalue weighted by molar-refractivity contribution is 5.25. The Morgan fingerprint density at radius 1 is 1.37 bits per heavy atom. The highest BCUT2D eigenvalue weighted by Crippen LogP contribution is 2.39. The molecule has 1 saturated carbocycles. The maximum atomic E-state index is 13.6. The Morgan fingerprint density at radius 3 is 2.74 bits per heavy atom. The Labute approximate surface area is 113 Å². The Bertz CT molecular complexity index is 448. The lowest BCUT2D eigenvalue weighted by atomic mass is 9.87. The second-order valence-electron chi connectivity index (χ2n) is 5.79. The van der Waals surface area contributed by atoms with Crippen LogP contribution in [0.1, 0.15) is 33.6 Å². The lowest BCUT2D eigenvalue weighted by molar-refractivity contribution is 0.136. The first-order valence-corrected chi connectivity index (χ1v) is 6.79. The molecule has 0 bridgehead atoms. The molecule has 0 spiro atoms. The van der Waals surface area contributed by atoms with Crippen molar-refractivity contribution in [1.29, 1.82) is 0 Å². The molecule has 0 saturated heterocycles. The van der Waals surface area contributed by atoms with E-state index in [-0.39, 0.29) is 23.3 Å². The van der Waals surface area contributed by atoms with Crippen LogP contribution in [0, 0.1) is 17.0 Å². The van der Waals surface area contributed by atoms with Crippen molar-refractivity contribution in [3.05, 3.63) is 29.8 Å². The van der Waals surface area contributed by atoms with Gasteiger partial charge in [0.25, 0.3) is 0 Å². The highest BCUT2D eigenvalue weighted by Gasteiger charge is 2.43. The number of hydrogen-bond donors (Lipinski definition) is 1. The van der Waals surface area contributed by atoms with Crippen LogP contribution in [0.25, 0.3) is 0 Å². The molecule has 106 valence electrons. The molecule has 1 N–H and O–H groups in total. The molecule has 2 nitrogen and oxygen atoms in total. The van der Waals surface area contributed by atoms with Gasteiger partial charge in [-0.3, -0.25) is 0 Å². The van der Waals surface area contributed by atoms with Gasteiger partial charge < -0.3 is 10.1 Å². The average Bonchev–Trinajstić information content (AvgIpc) is 2.60. The lowest BCUT2D eigenvalue weighted by Crippen LogP contribution is -2.46. The van der Waals surface area contributed by atoms with Gasteiger partial charge >= 0.3 is 0 Å². The summed E-state index contributed by atoms with van der Waals surface area (Å²) in [5.41, 5.74) is 0.122. The summed E-state index contributed by atoms with van der Waals surface area (Å²) >= 11 is 0. The number of hydrogen-bond acceptors (Lipinski definition) is 2. The summed E-state index contributed by atoms with van der Waals surface area (Å²) in [6, 6.07) is 3.62. The highest BCUT2D eigenvalue weighted by atomic mass is 19.1. The van der Waals surface area contributed by atoms with Gasteiger partial charge in [0.15, 0.2) is 11.6 Å². The summed E-state index contributed by atoms with van der Waals surface area (Å²) < 4.78 is 32.3. The topological polar surface area (TPSA) is 21.3 Å². The van der Waals surface area contributed by atoms with Crippen LogP contribution in [0.4, 0.5) is 8.78 Å². The van der Waals surface area contributed by atoms with E-state index in [4.69, 9.17) is 4.74 Å². The van der Waals surface area contributed by atoms with E-state index in [0.717, 1.165) is 25.5 Å². The van der Waals surface area contributed by atoms with Crippen molar-refractivity contribution in [2.75, 3.05) is 6.54 Å². The zero-order valence-corrected chi connectivity index (χ0v) is 11.7. The van der Waals surface area contributed by atoms with E-state index in [1.165, 1.54) is 12.1 Å². The van der Waals surface area contributed by atoms with E-state index in [1.807, 2.05) is 6.92 Å². The van der Waals surface area contributed by atoms with Gasteiger partial charge in [-0.15, -0.1) is 0 Å².